The number of rotatable bonds is 8. The average molecular weight is 473 g/mol. The molecule has 2 aromatic carbocycles. The van der Waals surface area contributed by atoms with E-state index in [1.165, 1.54) is 24.8 Å². The molecule has 0 bridgehead atoms. The fourth-order valence-corrected chi connectivity index (χ4v) is 5.92. The lowest BCUT2D eigenvalue weighted by atomic mass is 9.63. The number of anilines is 1. The summed E-state index contributed by atoms with van der Waals surface area (Å²) >= 11 is 0. The van der Waals surface area contributed by atoms with Gasteiger partial charge in [0.05, 0.1) is 11.6 Å². The van der Waals surface area contributed by atoms with Crippen LogP contribution in [0.5, 0.6) is 0 Å². The second-order valence-corrected chi connectivity index (χ2v) is 10.9. The minimum absolute atomic E-state index is 0.0121. The molecule has 0 atom stereocenters. The Labute approximate surface area is 211 Å². The van der Waals surface area contributed by atoms with Crippen molar-refractivity contribution < 1.29 is 4.79 Å². The maximum absolute atomic E-state index is 13.5. The topological polar surface area (TPSA) is 59.4 Å². The molecule has 0 saturated heterocycles. The highest BCUT2D eigenvalue weighted by Gasteiger charge is 2.45. The molecule has 4 rings (SSSR count). The number of hydrogen-bond donors (Lipinski definition) is 1. The Balaban J connectivity index is 1.55. The van der Waals surface area contributed by atoms with Crippen LogP contribution in [0.3, 0.4) is 0 Å². The zero-order valence-corrected chi connectivity index (χ0v) is 21.6. The summed E-state index contributed by atoms with van der Waals surface area (Å²) in [4.78, 5) is 17.8. The minimum atomic E-state index is -0.0121. The van der Waals surface area contributed by atoms with Crippen LogP contribution in [0, 0.1) is 22.7 Å². The molecule has 5 heteroatoms. The van der Waals surface area contributed by atoms with E-state index >= 15 is 0 Å². The van der Waals surface area contributed by atoms with Crippen molar-refractivity contribution in [1.82, 2.24) is 10.2 Å². The van der Waals surface area contributed by atoms with Crippen molar-refractivity contribution in [3.63, 3.8) is 0 Å². The van der Waals surface area contributed by atoms with Crippen LogP contribution < -0.4 is 10.2 Å². The number of benzene rings is 2. The SMILES string of the molecule is CCC1(CN(C(=O)NCC2CCC2)c2ccc(C#N)cc2)CCC(c2ccccc2)(N(C)C)CC1. The lowest BCUT2D eigenvalue weighted by molar-refractivity contribution is 0.0360. The van der Waals surface area contributed by atoms with E-state index in [0.29, 0.717) is 18.0 Å². The molecule has 2 saturated carbocycles. The normalized spacial score (nSPS) is 24.4. The second kappa shape index (κ2) is 10.8. The molecule has 2 aromatic rings. The largest absolute Gasteiger partial charge is 0.337 e. The van der Waals surface area contributed by atoms with Crippen molar-refractivity contribution in [3.05, 3.63) is 65.7 Å². The predicted molar refractivity (Wildman–Crippen MR) is 142 cm³/mol. The highest BCUT2D eigenvalue weighted by molar-refractivity contribution is 5.92. The molecule has 1 N–H and O–H groups in total. The summed E-state index contributed by atoms with van der Waals surface area (Å²) < 4.78 is 0. The van der Waals surface area contributed by atoms with Crippen LogP contribution in [0.2, 0.25) is 0 Å². The van der Waals surface area contributed by atoms with Crippen LogP contribution in [-0.4, -0.2) is 38.1 Å². The molecule has 186 valence electrons. The Morgan fingerprint density at radius 2 is 1.69 bits per heavy atom. The monoisotopic (exact) mass is 472 g/mol. The number of nitrogens with zero attached hydrogens (tertiary/aromatic N) is 3. The molecule has 0 heterocycles. The van der Waals surface area contributed by atoms with Gasteiger partial charge in [-0.25, -0.2) is 4.79 Å². The summed E-state index contributed by atoms with van der Waals surface area (Å²) in [5, 5.41) is 12.5. The van der Waals surface area contributed by atoms with Crippen molar-refractivity contribution in [3.8, 4) is 6.07 Å². The standard InChI is InChI=1S/C30H40N4O/c1-4-29(17-19-30(20-18-29,33(2)3)26-11-6-5-7-12-26)23-34(27-15-13-24(21-31)14-16-27)28(35)32-22-25-9-8-10-25/h5-7,11-16,25H,4,8-10,17-20,22-23H2,1-3H3,(H,32,35). The Hall–Kier alpha value is -2.84. The first-order valence-corrected chi connectivity index (χ1v) is 13.2. The highest BCUT2D eigenvalue weighted by atomic mass is 16.2. The quantitative estimate of drug-likeness (QED) is 0.490. The molecule has 5 nitrogen and oxygen atoms in total. The van der Waals surface area contributed by atoms with Crippen molar-refractivity contribution in [1.29, 1.82) is 5.26 Å². The third-order valence-electron chi connectivity index (χ3n) is 8.87. The minimum Gasteiger partial charge on any atom is -0.337 e. The number of carbonyl (C=O) groups is 1. The molecule has 35 heavy (non-hydrogen) atoms. The Morgan fingerprint density at radius 3 is 2.20 bits per heavy atom. The maximum Gasteiger partial charge on any atom is 0.321 e. The third-order valence-corrected chi connectivity index (χ3v) is 8.87. The molecule has 0 unspecified atom stereocenters. The van der Waals surface area contributed by atoms with Gasteiger partial charge in [0.1, 0.15) is 0 Å². The predicted octanol–water partition coefficient (Wildman–Crippen LogP) is 6.30. The van der Waals surface area contributed by atoms with E-state index in [1.54, 1.807) is 0 Å². The zero-order valence-electron chi connectivity index (χ0n) is 21.6. The van der Waals surface area contributed by atoms with Gasteiger partial charge in [-0.15, -0.1) is 0 Å². The van der Waals surface area contributed by atoms with Gasteiger partial charge >= 0.3 is 6.03 Å². The van der Waals surface area contributed by atoms with Crippen molar-refractivity contribution >= 4 is 11.7 Å². The first-order valence-electron chi connectivity index (χ1n) is 13.2. The molecule has 2 aliphatic carbocycles. The molecule has 2 amide bonds. The van der Waals surface area contributed by atoms with Crippen LogP contribution in [0.25, 0.3) is 0 Å². The number of carbonyl (C=O) groups excluding carboxylic acids is 1. The van der Waals surface area contributed by atoms with Gasteiger partial charge in [0.2, 0.25) is 0 Å². The Kier molecular flexibility index (Phi) is 7.82. The molecule has 2 fully saturated rings. The molecule has 0 aromatic heterocycles. The molecule has 0 spiro atoms. The fraction of sp³-hybridized carbons (Fsp3) is 0.533. The van der Waals surface area contributed by atoms with Crippen LogP contribution in [0.4, 0.5) is 10.5 Å². The molecular formula is C30H40N4O. The number of hydrogen-bond acceptors (Lipinski definition) is 3. The van der Waals surface area contributed by atoms with Crippen LogP contribution >= 0.6 is 0 Å². The van der Waals surface area contributed by atoms with Crippen LogP contribution in [-0.2, 0) is 5.54 Å². The smallest absolute Gasteiger partial charge is 0.321 e. The van der Waals surface area contributed by atoms with E-state index in [-0.39, 0.29) is 17.0 Å². The van der Waals surface area contributed by atoms with Gasteiger partial charge < -0.3 is 5.32 Å². The summed E-state index contributed by atoms with van der Waals surface area (Å²) in [6, 6.07) is 20.5. The molecular weight excluding hydrogens is 432 g/mol. The summed E-state index contributed by atoms with van der Waals surface area (Å²) in [6.07, 6.45) is 9.01. The van der Waals surface area contributed by atoms with E-state index in [9.17, 15) is 10.1 Å². The van der Waals surface area contributed by atoms with Gasteiger partial charge in [-0.1, -0.05) is 43.7 Å². The number of amides is 2. The van der Waals surface area contributed by atoms with Crippen molar-refractivity contribution in [2.75, 3.05) is 32.1 Å². The van der Waals surface area contributed by atoms with Crippen LogP contribution in [0.15, 0.2) is 54.6 Å². The van der Waals surface area contributed by atoms with E-state index in [1.807, 2.05) is 29.2 Å². The van der Waals surface area contributed by atoms with Gasteiger partial charge in [0, 0.05) is 24.3 Å². The van der Waals surface area contributed by atoms with Crippen molar-refractivity contribution in [2.24, 2.45) is 11.3 Å². The fourth-order valence-electron chi connectivity index (χ4n) is 5.92. The number of urea groups is 1. The summed E-state index contributed by atoms with van der Waals surface area (Å²) in [5.74, 6) is 0.614. The van der Waals surface area contributed by atoms with Gasteiger partial charge in [0.25, 0.3) is 0 Å². The van der Waals surface area contributed by atoms with Crippen molar-refractivity contribution in [2.45, 2.75) is 63.8 Å². The summed E-state index contributed by atoms with van der Waals surface area (Å²) in [5.41, 5.74) is 2.97. The van der Waals surface area contributed by atoms with Gasteiger partial charge in [0.15, 0.2) is 0 Å². The zero-order chi connectivity index (χ0) is 24.9. The molecule has 2 aliphatic rings. The van der Waals surface area contributed by atoms with E-state index in [4.69, 9.17) is 0 Å². The van der Waals surface area contributed by atoms with E-state index in [2.05, 4.69) is 67.6 Å². The first kappa shape index (κ1) is 25.3. The number of nitriles is 1. The van der Waals surface area contributed by atoms with Gasteiger partial charge in [-0.05, 0) is 100 Å². The Bertz CT molecular complexity index is 1010. The second-order valence-electron chi connectivity index (χ2n) is 10.9. The first-order chi connectivity index (χ1) is 16.9. The third kappa shape index (κ3) is 5.38. The van der Waals surface area contributed by atoms with E-state index in [0.717, 1.165) is 44.3 Å². The lowest BCUT2D eigenvalue weighted by Crippen LogP contribution is -2.52. The van der Waals surface area contributed by atoms with Gasteiger partial charge in [-0.3, -0.25) is 9.80 Å². The molecule has 0 aliphatic heterocycles. The maximum atomic E-state index is 13.5. The summed E-state index contributed by atoms with van der Waals surface area (Å²) in [6.45, 7) is 3.72. The van der Waals surface area contributed by atoms with Gasteiger partial charge in [-0.2, -0.15) is 5.26 Å². The number of nitrogens with one attached hydrogen (secondary N) is 1. The van der Waals surface area contributed by atoms with E-state index < -0.39 is 0 Å². The van der Waals surface area contributed by atoms with Crippen LogP contribution in [0.1, 0.15) is 69.4 Å². The Morgan fingerprint density at radius 1 is 1.03 bits per heavy atom. The lowest BCUT2D eigenvalue weighted by Gasteiger charge is -2.51. The highest BCUT2D eigenvalue weighted by Crippen LogP contribution is 2.50. The molecule has 0 radical (unpaired) electrons. The summed E-state index contributed by atoms with van der Waals surface area (Å²) in [7, 11) is 4.39. The average Bonchev–Trinajstić information content (AvgIpc) is 2.87.